The predicted molar refractivity (Wildman–Crippen MR) is 92.6 cm³/mol. The molecule has 0 aliphatic carbocycles. The lowest BCUT2D eigenvalue weighted by Gasteiger charge is -2.45. The molecule has 30 heavy (non-hydrogen) atoms. The summed E-state index contributed by atoms with van der Waals surface area (Å²) in [6.45, 7) is -1.71. The summed E-state index contributed by atoms with van der Waals surface area (Å²) in [5, 5.41) is 83.7. The molecule has 2 rings (SSSR count). The van der Waals surface area contributed by atoms with Crippen LogP contribution < -0.4 is 0 Å². The summed E-state index contributed by atoms with van der Waals surface area (Å²) in [5.41, 5.74) is 0. The molecule has 0 saturated carbocycles. The van der Waals surface area contributed by atoms with E-state index in [2.05, 4.69) is 0 Å². The van der Waals surface area contributed by atoms with Gasteiger partial charge in [0, 0.05) is 7.11 Å². The number of carbonyl (C=O) groups excluding carboxylic acids is 1. The second-order valence-electron chi connectivity index (χ2n) is 6.62. The number of hydrogen-bond donors (Lipinski definition) is 9. The first-order valence-electron chi connectivity index (χ1n) is 9.02. The molecule has 2 saturated heterocycles. The Kier molecular flexibility index (Phi) is 11.7. The number of aliphatic hydroxyl groups excluding tert-OH is 9. The molecule has 0 amide bonds. The van der Waals surface area contributed by atoms with Crippen LogP contribution in [0.3, 0.4) is 0 Å². The summed E-state index contributed by atoms with van der Waals surface area (Å²) in [7, 11) is 1.24. The molecule has 11 atom stereocenters. The maximum Gasteiger partial charge on any atom is 0.187 e. The molecular weight excluding hydrogens is 416 g/mol. The van der Waals surface area contributed by atoms with E-state index in [0.717, 1.165) is 0 Å². The van der Waals surface area contributed by atoms with Crippen LogP contribution in [0.5, 0.6) is 0 Å². The van der Waals surface area contributed by atoms with Crippen LogP contribution in [0.4, 0.5) is 0 Å². The fourth-order valence-corrected chi connectivity index (χ4v) is 2.88. The van der Waals surface area contributed by atoms with E-state index in [1.165, 1.54) is 7.11 Å². The van der Waals surface area contributed by atoms with Crippen LogP contribution in [0.1, 0.15) is 0 Å². The van der Waals surface area contributed by atoms with Gasteiger partial charge in [0.25, 0.3) is 0 Å². The standard InChI is InChI=1S/C13H24O11.C3H6O3/c1-21-11-6(16)4(2-14)23-13(9(11)19)24-10-5(3-15)22-12(20)8(18)7(10)17;4-1-3(6)2-5/h4-20H,2-3H2,1H3;1,3,5-6H,2H2/t4-,5-,6+,7-,8-,9-,10+,11+,12-,13+;3-/m10/s1. The lowest BCUT2D eigenvalue weighted by Crippen LogP contribution is -2.64. The van der Waals surface area contributed by atoms with Crippen LogP contribution in [-0.2, 0) is 23.7 Å². The fourth-order valence-electron chi connectivity index (χ4n) is 2.88. The average Bonchev–Trinajstić information content (AvgIpc) is 2.75. The third-order valence-electron chi connectivity index (χ3n) is 4.57. The Morgan fingerprint density at radius 2 is 1.47 bits per heavy atom. The molecule has 0 aromatic heterocycles. The lowest BCUT2D eigenvalue weighted by molar-refractivity contribution is -0.356. The van der Waals surface area contributed by atoms with E-state index in [1.54, 1.807) is 0 Å². The van der Waals surface area contributed by atoms with Gasteiger partial charge in [0.1, 0.15) is 54.9 Å². The summed E-state index contributed by atoms with van der Waals surface area (Å²) in [6.07, 6.45) is -15.0. The molecule has 14 nitrogen and oxygen atoms in total. The summed E-state index contributed by atoms with van der Waals surface area (Å²) >= 11 is 0. The van der Waals surface area contributed by atoms with Crippen molar-refractivity contribution in [3.8, 4) is 0 Å². The second kappa shape index (κ2) is 12.9. The van der Waals surface area contributed by atoms with Crippen molar-refractivity contribution in [1.29, 1.82) is 0 Å². The molecule has 2 aliphatic heterocycles. The molecule has 9 N–H and O–H groups in total. The number of hydrogen-bond acceptors (Lipinski definition) is 14. The normalized spacial score (nSPS) is 42.7. The highest BCUT2D eigenvalue weighted by Crippen LogP contribution is 2.29. The Labute approximate surface area is 171 Å². The van der Waals surface area contributed by atoms with Crippen molar-refractivity contribution in [3.05, 3.63) is 0 Å². The Morgan fingerprint density at radius 3 is 1.90 bits per heavy atom. The molecular formula is C16H30O14. The highest BCUT2D eigenvalue weighted by Gasteiger charge is 2.50. The van der Waals surface area contributed by atoms with Gasteiger partial charge >= 0.3 is 0 Å². The molecule has 2 heterocycles. The summed E-state index contributed by atoms with van der Waals surface area (Å²) in [4.78, 5) is 9.33. The van der Waals surface area contributed by atoms with Crippen LogP contribution in [0.2, 0.25) is 0 Å². The van der Waals surface area contributed by atoms with Gasteiger partial charge in [0.2, 0.25) is 0 Å². The summed E-state index contributed by atoms with van der Waals surface area (Å²) < 4.78 is 20.6. The molecule has 0 aromatic rings. The lowest BCUT2D eigenvalue weighted by atomic mass is 9.97. The van der Waals surface area contributed by atoms with Crippen molar-refractivity contribution in [1.82, 2.24) is 0 Å². The minimum absolute atomic E-state index is 0.278. The van der Waals surface area contributed by atoms with Gasteiger partial charge in [-0.3, -0.25) is 0 Å². The Balaban J connectivity index is 0.000000656. The largest absolute Gasteiger partial charge is 0.394 e. The van der Waals surface area contributed by atoms with E-state index in [1.807, 2.05) is 0 Å². The molecule has 14 heteroatoms. The van der Waals surface area contributed by atoms with Gasteiger partial charge in [0.05, 0.1) is 19.8 Å². The van der Waals surface area contributed by atoms with Crippen LogP contribution in [0.25, 0.3) is 0 Å². The van der Waals surface area contributed by atoms with E-state index < -0.39 is 87.3 Å². The van der Waals surface area contributed by atoms with Crippen molar-refractivity contribution in [2.75, 3.05) is 26.9 Å². The number of aldehydes is 1. The second-order valence-corrected chi connectivity index (χ2v) is 6.62. The first-order chi connectivity index (χ1) is 14.2. The van der Waals surface area contributed by atoms with Gasteiger partial charge in [-0.25, -0.2) is 0 Å². The van der Waals surface area contributed by atoms with Gasteiger partial charge < -0.3 is 69.7 Å². The molecule has 2 aliphatic rings. The highest BCUT2D eigenvalue weighted by atomic mass is 16.7. The number of methoxy groups -OCH3 is 1. The maximum atomic E-state index is 10.2. The quantitative estimate of drug-likeness (QED) is 0.165. The van der Waals surface area contributed by atoms with E-state index in [9.17, 15) is 40.5 Å². The van der Waals surface area contributed by atoms with Gasteiger partial charge in [-0.2, -0.15) is 0 Å². The maximum absolute atomic E-state index is 10.2. The zero-order valence-corrected chi connectivity index (χ0v) is 16.1. The van der Waals surface area contributed by atoms with Crippen molar-refractivity contribution in [3.63, 3.8) is 0 Å². The first kappa shape index (κ1) is 27.2. The minimum atomic E-state index is -1.71. The third kappa shape index (κ3) is 6.57. The third-order valence-corrected chi connectivity index (χ3v) is 4.57. The Hall–Kier alpha value is -0.850. The van der Waals surface area contributed by atoms with Crippen molar-refractivity contribution >= 4 is 6.29 Å². The predicted octanol–water partition coefficient (Wildman–Crippen LogP) is -6.20. The molecule has 0 radical (unpaired) electrons. The van der Waals surface area contributed by atoms with Crippen LogP contribution in [-0.4, -0.2) is 147 Å². The topological polar surface area (TPSA) is 236 Å². The van der Waals surface area contributed by atoms with Crippen LogP contribution >= 0.6 is 0 Å². The van der Waals surface area contributed by atoms with Gasteiger partial charge in [0.15, 0.2) is 18.9 Å². The number of carbonyl (C=O) groups is 1. The molecule has 0 bridgehead atoms. The van der Waals surface area contributed by atoms with E-state index in [-0.39, 0.29) is 6.29 Å². The van der Waals surface area contributed by atoms with E-state index in [0.29, 0.717) is 0 Å². The van der Waals surface area contributed by atoms with Gasteiger partial charge in [-0.1, -0.05) is 0 Å². The Bertz CT molecular complexity index is 493. The average molecular weight is 446 g/mol. The van der Waals surface area contributed by atoms with Crippen molar-refractivity contribution < 1.29 is 69.7 Å². The van der Waals surface area contributed by atoms with E-state index in [4.69, 9.17) is 29.2 Å². The monoisotopic (exact) mass is 446 g/mol. The summed E-state index contributed by atoms with van der Waals surface area (Å²) in [5.74, 6) is 0. The Morgan fingerprint density at radius 1 is 0.867 bits per heavy atom. The molecule has 2 fully saturated rings. The zero-order valence-electron chi connectivity index (χ0n) is 16.1. The van der Waals surface area contributed by atoms with Crippen molar-refractivity contribution in [2.24, 2.45) is 0 Å². The highest BCUT2D eigenvalue weighted by molar-refractivity contribution is 5.55. The number of rotatable bonds is 7. The van der Waals surface area contributed by atoms with Crippen molar-refractivity contribution in [2.45, 2.75) is 67.5 Å². The minimum Gasteiger partial charge on any atom is -0.394 e. The number of aliphatic hydroxyl groups is 9. The molecule has 0 unspecified atom stereocenters. The molecule has 0 aromatic carbocycles. The summed E-state index contributed by atoms with van der Waals surface area (Å²) in [6, 6.07) is 0. The molecule has 0 spiro atoms. The van der Waals surface area contributed by atoms with Crippen LogP contribution in [0.15, 0.2) is 0 Å². The van der Waals surface area contributed by atoms with E-state index >= 15 is 0 Å². The van der Waals surface area contributed by atoms with Gasteiger partial charge in [-0.15, -0.1) is 0 Å². The smallest absolute Gasteiger partial charge is 0.187 e. The zero-order chi connectivity index (χ0) is 23.0. The first-order valence-corrected chi connectivity index (χ1v) is 9.02. The van der Waals surface area contributed by atoms with Gasteiger partial charge in [-0.05, 0) is 0 Å². The molecule has 178 valence electrons. The number of ether oxygens (including phenoxy) is 4. The van der Waals surface area contributed by atoms with Crippen LogP contribution in [0, 0.1) is 0 Å². The SMILES string of the molecule is CO[C@H]1[C@@H](O)[C@@H](CO)O[C@@H](O[C@@H]2[C@H](O)[C@@H](O)[C@H](O)O[C@@H]2CO)[C@@H]1O.O=C[C@H](O)CO. The fraction of sp³-hybridized carbons (Fsp3) is 0.938.